The molecular formula is C22H27N3O3S. The molecule has 0 aliphatic heterocycles. The van der Waals surface area contributed by atoms with Gasteiger partial charge in [-0.2, -0.15) is 0 Å². The van der Waals surface area contributed by atoms with Crippen molar-refractivity contribution in [2.24, 2.45) is 11.1 Å². The van der Waals surface area contributed by atoms with E-state index in [1.54, 1.807) is 36.2 Å². The van der Waals surface area contributed by atoms with Gasteiger partial charge in [0.2, 0.25) is 5.91 Å². The summed E-state index contributed by atoms with van der Waals surface area (Å²) >= 11 is 0. The Morgan fingerprint density at radius 3 is 2.48 bits per heavy atom. The zero-order valence-electron chi connectivity index (χ0n) is 16.8. The first-order chi connectivity index (χ1) is 13.9. The molecule has 3 N–H and O–H groups in total. The lowest BCUT2D eigenvalue weighted by atomic mass is 10.0. The normalized spacial score (nSPS) is 19.6. The van der Waals surface area contributed by atoms with Gasteiger partial charge in [-0.1, -0.05) is 30.3 Å². The number of nitrogens with two attached hydrogens (primary N) is 1. The number of hydrogen-bond acceptors (Lipinski definition) is 3. The van der Waals surface area contributed by atoms with E-state index in [2.05, 4.69) is 5.32 Å². The van der Waals surface area contributed by atoms with Gasteiger partial charge in [0.25, 0.3) is 5.91 Å². The molecule has 1 fully saturated rings. The molecule has 1 aliphatic rings. The molecule has 2 amide bonds. The zero-order chi connectivity index (χ0) is 21.0. The van der Waals surface area contributed by atoms with Crippen LogP contribution < -0.4 is 10.5 Å². The number of amides is 2. The van der Waals surface area contributed by atoms with E-state index in [0.717, 1.165) is 24.0 Å². The van der Waals surface area contributed by atoms with Gasteiger partial charge in [-0.05, 0) is 55.5 Å². The van der Waals surface area contributed by atoms with Gasteiger partial charge in [-0.25, -0.2) is 9.35 Å². The van der Waals surface area contributed by atoms with Crippen molar-refractivity contribution < 1.29 is 13.8 Å². The predicted molar refractivity (Wildman–Crippen MR) is 114 cm³/mol. The topological polar surface area (TPSA) is 92.5 Å². The van der Waals surface area contributed by atoms with Gasteiger partial charge in [-0.3, -0.25) is 9.59 Å². The third-order valence-corrected chi connectivity index (χ3v) is 6.33. The van der Waals surface area contributed by atoms with E-state index < -0.39 is 11.0 Å². The summed E-state index contributed by atoms with van der Waals surface area (Å²) < 4.78 is 11.8. The highest BCUT2D eigenvalue weighted by Crippen LogP contribution is 2.30. The van der Waals surface area contributed by atoms with Crippen LogP contribution in [0.1, 0.15) is 36.5 Å². The molecule has 7 heteroatoms. The first-order valence-electron chi connectivity index (χ1n) is 9.82. The van der Waals surface area contributed by atoms with Crippen molar-refractivity contribution >= 4 is 22.8 Å². The van der Waals surface area contributed by atoms with Gasteiger partial charge in [-0.15, -0.1) is 0 Å². The number of carbonyl (C=O) groups is 2. The Balaban J connectivity index is 1.71. The van der Waals surface area contributed by atoms with Crippen LogP contribution in [-0.4, -0.2) is 40.6 Å². The molecule has 6 nitrogen and oxygen atoms in total. The van der Waals surface area contributed by atoms with Gasteiger partial charge < -0.3 is 10.2 Å². The Bertz CT molecular complexity index is 914. The molecule has 0 spiro atoms. The van der Waals surface area contributed by atoms with E-state index in [-0.39, 0.29) is 23.8 Å². The lowest BCUT2D eigenvalue weighted by Crippen LogP contribution is -2.36. The number of nitrogens with one attached hydrogen (secondary N) is 1. The third kappa shape index (κ3) is 4.74. The molecule has 0 bridgehead atoms. The van der Waals surface area contributed by atoms with E-state index >= 15 is 0 Å². The van der Waals surface area contributed by atoms with Gasteiger partial charge in [0.05, 0.1) is 4.90 Å². The van der Waals surface area contributed by atoms with Crippen LogP contribution in [0.3, 0.4) is 0 Å². The summed E-state index contributed by atoms with van der Waals surface area (Å²) in [6.07, 6.45) is 2.33. The van der Waals surface area contributed by atoms with Crippen LogP contribution in [0.4, 0.5) is 0 Å². The predicted octanol–water partition coefficient (Wildman–Crippen LogP) is 2.71. The van der Waals surface area contributed by atoms with E-state index in [1.807, 2.05) is 31.2 Å². The SMILES string of the molecule is CCNC(=O)[C@H]1CC[C@@H](N(C)C(=O)c2ccc(-c3ccccc3S(N)=O)cc2)C1. The largest absolute Gasteiger partial charge is 0.356 e. The van der Waals surface area contributed by atoms with Crippen molar-refractivity contribution in [3.8, 4) is 11.1 Å². The zero-order valence-corrected chi connectivity index (χ0v) is 17.6. The molecule has 154 valence electrons. The van der Waals surface area contributed by atoms with E-state index in [1.165, 1.54) is 0 Å². The van der Waals surface area contributed by atoms with Crippen LogP contribution in [0, 0.1) is 5.92 Å². The van der Waals surface area contributed by atoms with Gasteiger partial charge >= 0.3 is 0 Å². The Morgan fingerprint density at radius 2 is 1.83 bits per heavy atom. The molecule has 1 aliphatic carbocycles. The van der Waals surface area contributed by atoms with Crippen LogP contribution in [0.5, 0.6) is 0 Å². The standard InChI is InChI=1S/C22H27N3O3S/c1-3-24-21(26)17-12-13-18(14-17)25(2)22(27)16-10-8-15(9-11-16)19-6-4-5-7-20(19)29(23)28/h4-11,17-18H,3,12-14,23H2,1-2H3,(H,24,26)/t17-,18+,29?/m0/s1. The van der Waals surface area contributed by atoms with Gasteiger partial charge in [0.1, 0.15) is 11.0 Å². The van der Waals surface area contributed by atoms with Crippen LogP contribution in [0.2, 0.25) is 0 Å². The summed E-state index contributed by atoms with van der Waals surface area (Å²) in [5.74, 6) is -0.00356. The molecule has 1 saturated carbocycles. The highest BCUT2D eigenvalue weighted by molar-refractivity contribution is 7.82. The summed E-state index contributed by atoms with van der Waals surface area (Å²) in [4.78, 5) is 27.3. The highest BCUT2D eigenvalue weighted by Gasteiger charge is 2.33. The second kappa shape index (κ2) is 9.33. The van der Waals surface area contributed by atoms with Crippen molar-refractivity contribution in [1.82, 2.24) is 10.2 Å². The minimum Gasteiger partial charge on any atom is -0.356 e. The lowest BCUT2D eigenvalue weighted by Gasteiger charge is -2.25. The van der Waals surface area contributed by atoms with Crippen molar-refractivity contribution in [3.05, 3.63) is 54.1 Å². The number of rotatable bonds is 6. The first-order valence-corrected chi connectivity index (χ1v) is 11.0. The van der Waals surface area contributed by atoms with Crippen molar-refractivity contribution in [2.75, 3.05) is 13.6 Å². The van der Waals surface area contributed by atoms with Crippen LogP contribution in [0.25, 0.3) is 11.1 Å². The molecule has 0 aromatic heterocycles. The monoisotopic (exact) mass is 413 g/mol. The maximum atomic E-state index is 12.9. The molecule has 3 atom stereocenters. The summed E-state index contributed by atoms with van der Waals surface area (Å²) in [5, 5.41) is 8.44. The van der Waals surface area contributed by atoms with Crippen LogP contribution in [0.15, 0.2) is 53.4 Å². The number of benzene rings is 2. The highest BCUT2D eigenvalue weighted by atomic mass is 32.2. The van der Waals surface area contributed by atoms with E-state index in [9.17, 15) is 13.8 Å². The maximum Gasteiger partial charge on any atom is 0.253 e. The fourth-order valence-corrected chi connectivity index (χ4v) is 4.52. The average Bonchev–Trinajstić information content (AvgIpc) is 3.23. The smallest absolute Gasteiger partial charge is 0.253 e. The number of nitrogens with zero attached hydrogens (tertiary/aromatic N) is 1. The molecule has 3 rings (SSSR count). The van der Waals surface area contributed by atoms with Crippen LogP contribution >= 0.6 is 0 Å². The Morgan fingerprint density at radius 1 is 1.14 bits per heavy atom. The van der Waals surface area contributed by atoms with E-state index in [0.29, 0.717) is 23.4 Å². The quantitative estimate of drug-likeness (QED) is 0.763. The second-order valence-corrected chi connectivity index (χ2v) is 8.38. The minimum atomic E-state index is -1.58. The van der Waals surface area contributed by atoms with Crippen molar-refractivity contribution in [3.63, 3.8) is 0 Å². The molecule has 0 radical (unpaired) electrons. The summed E-state index contributed by atoms with van der Waals surface area (Å²) in [7, 11) is 0.218. The fourth-order valence-electron chi connectivity index (χ4n) is 3.91. The van der Waals surface area contributed by atoms with Gasteiger partial charge in [0, 0.05) is 31.1 Å². The van der Waals surface area contributed by atoms with Crippen molar-refractivity contribution in [2.45, 2.75) is 37.1 Å². The molecular weight excluding hydrogens is 386 g/mol. The number of hydrogen-bond donors (Lipinski definition) is 2. The molecule has 2 aromatic carbocycles. The molecule has 2 aromatic rings. The second-order valence-electron chi connectivity index (χ2n) is 7.35. The third-order valence-electron chi connectivity index (χ3n) is 5.54. The van der Waals surface area contributed by atoms with E-state index in [4.69, 9.17) is 5.14 Å². The fraction of sp³-hybridized carbons (Fsp3) is 0.364. The Hall–Kier alpha value is -2.51. The van der Waals surface area contributed by atoms with Crippen molar-refractivity contribution in [1.29, 1.82) is 0 Å². The lowest BCUT2D eigenvalue weighted by molar-refractivity contribution is -0.124. The molecule has 0 saturated heterocycles. The first kappa shape index (κ1) is 21.2. The maximum absolute atomic E-state index is 12.9. The number of carbonyl (C=O) groups excluding carboxylic acids is 2. The Labute approximate surface area is 174 Å². The molecule has 1 unspecified atom stereocenters. The molecule has 0 heterocycles. The van der Waals surface area contributed by atoms with Crippen LogP contribution in [-0.2, 0) is 15.8 Å². The average molecular weight is 414 g/mol. The van der Waals surface area contributed by atoms with Gasteiger partial charge in [0.15, 0.2) is 0 Å². The Kier molecular flexibility index (Phi) is 6.82. The summed E-state index contributed by atoms with van der Waals surface area (Å²) in [6.45, 7) is 2.54. The molecule has 29 heavy (non-hydrogen) atoms. The summed E-state index contributed by atoms with van der Waals surface area (Å²) in [6, 6.07) is 14.6. The summed E-state index contributed by atoms with van der Waals surface area (Å²) in [5.41, 5.74) is 2.24. The minimum absolute atomic E-state index is 0.0220.